The molecule has 1 saturated heterocycles. The lowest BCUT2D eigenvalue weighted by Gasteiger charge is -2.21. The lowest BCUT2D eigenvalue weighted by molar-refractivity contribution is 0.358. The standard InChI is InChI=1S/C10H17N3OS/c1-2-3-9-12-10(14-13-9)6-8-7-15-5-4-11-8/h8,11H,2-7H2,1H3. The van der Waals surface area contributed by atoms with Crippen LogP contribution in [0.15, 0.2) is 4.52 Å². The van der Waals surface area contributed by atoms with Crippen LogP contribution in [-0.2, 0) is 12.8 Å². The lowest BCUT2D eigenvalue weighted by atomic mass is 10.2. The second-order valence-electron chi connectivity index (χ2n) is 3.78. The maximum atomic E-state index is 5.21. The molecule has 1 aliphatic heterocycles. The molecule has 0 amide bonds. The van der Waals surface area contributed by atoms with Gasteiger partial charge in [0.1, 0.15) is 0 Å². The molecule has 1 aliphatic rings. The molecule has 0 aliphatic carbocycles. The first kappa shape index (κ1) is 11.0. The van der Waals surface area contributed by atoms with E-state index in [4.69, 9.17) is 4.52 Å². The molecule has 84 valence electrons. The van der Waals surface area contributed by atoms with Crippen molar-refractivity contribution >= 4 is 11.8 Å². The zero-order valence-corrected chi connectivity index (χ0v) is 9.85. The van der Waals surface area contributed by atoms with Crippen LogP contribution in [0.2, 0.25) is 0 Å². The van der Waals surface area contributed by atoms with Crippen LogP contribution in [0.3, 0.4) is 0 Å². The normalized spacial score (nSPS) is 21.8. The van der Waals surface area contributed by atoms with Gasteiger partial charge < -0.3 is 9.84 Å². The van der Waals surface area contributed by atoms with Gasteiger partial charge in [0.15, 0.2) is 5.82 Å². The quantitative estimate of drug-likeness (QED) is 0.839. The predicted molar refractivity (Wildman–Crippen MR) is 61.1 cm³/mol. The Hall–Kier alpha value is -0.550. The van der Waals surface area contributed by atoms with E-state index in [1.165, 1.54) is 5.75 Å². The Morgan fingerprint density at radius 3 is 3.27 bits per heavy atom. The smallest absolute Gasteiger partial charge is 0.228 e. The molecule has 4 nitrogen and oxygen atoms in total. The number of hydrogen-bond donors (Lipinski definition) is 1. The predicted octanol–water partition coefficient (Wildman–Crippen LogP) is 1.27. The fourth-order valence-electron chi connectivity index (χ4n) is 1.66. The summed E-state index contributed by atoms with van der Waals surface area (Å²) in [7, 11) is 0. The second-order valence-corrected chi connectivity index (χ2v) is 4.93. The summed E-state index contributed by atoms with van der Waals surface area (Å²) < 4.78 is 5.21. The molecule has 0 aromatic carbocycles. The third-order valence-corrected chi connectivity index (χ3v) is 3.53. The van der Waals surface area contributed by atoms with Gasteiger partial charge in [0, 0.05) is 36.9 Å². The molecule has 0 bridgehead atoms. The maximum Gasteiger partial charge on any atom is 0.228 e. The highest BCUT2D eigenvalue weighted by molar-refractivity contribution is 7.99. The largest absolute Gasteiger partial charge is 0.339 e. The van der Waals surface area contributed by atoms with Crippen LogP contribution in [-0.4, -0.2) is 34.2 Å². The van der Waals surface area contributed by atoms with Crippen LogP contribution in [0.25, 0.3) is 0 Å². The molecule has 0 spiro atoms. The SMILES string of the molecule is CCCc1noc(CC2CSCCN2)n1. The second kappa shape index (κ2) is 5.51. The molecule has 0 saturated carbocycles. The zero-order chi connectivity index (χ0) is 10.5. The van der Waals surface area contributed by atoms with Gasteiger partial charge in [-0.3, -0.25) is 0 Å². The first-order valence-electron chi connectivity index (χ1n) is 5.51. The van der Waals surface area contributed by atoms with Gasteiger partial charge in [-0.25, -0.2) is 0 Å². The van der Waals surface area contributed by atoms with Crippen LogP contribution in [0.5, 0.6) is 0 Å². The van der Waals surface area contributed by atoms with Crippen molar-refractivity contribution in [3.63, 3.8) is 0 Å². The van der Waals surface area contributed by atoms with Gasteiger partial charge in [0.2, 0.25) is 5.89 Å². The molecule has 1 atom stereocenters. The molecule has 1 aromatic rings. The summed E-state index contributed by atoms with van der Waals surface area (Å²) in [6.07, 6.45) is 2.84. The number of hydrogen-bond acceptors (Lipinski definition) is 5. The number of thioether (sulfide) groups is 1. The summed E-state index contributed by atoms with van der Waals surface area (Å²) in [4.78, 5) is 4.37. The van der Waals surface area contributed by atoms with E-state index < -0.39 is 0 Å². The molecule has 2 rings (SSSR count). The van der Waals surface area contributed by atoms with Crippen molar-refractivity contribution in [3.8, 4) is 0 Å². The molecule has 2 heterocycles. The van der Waals surface area contributed by atoms with Crippen LogP contribution < -0.4 is 5.32 Å². The number of nitrogens with zero attached hydrogens (tertiary/aromatic N) is 2. The van der Waals surface area contributed by atoms with Crippen molar-refractivity contribution < 1.29 is 4.52 Å². The summed E-state index contributed by atoms with van der Waals surface area (Å²) in [6.45, 7) is 3.21. The van der Waals surface area contributed by atoms with Crippen molar-refractivity contribution in [2.75, 3.05) is 18.1 Å². The molecule has 1 fully saturated rings. The Labute approximate surface area is 94.2 Å². The third-order valence-electron chi connectivity index (χ3n) is 2.40. The van der Waals surface area contributed by atoms with Crippen LogP contribution in [0.1, 0.15) is 25.1 Å². The molecule has 1 N–H and O–H groups in total. The minimum absolute atomic E-state index is 0.499. The molecule has 15 heavy (non-hydrogen) atoms. The van der Waals surface area contributed by atoms with E-state index in [1.54, 1.807) is 0 Å². The molecular formula is C10H17N3OS. The van der Waals surface area contributed by atoms with Gasteiger partial charge in [-0.05, 0) is 6.42 Å². The van der Waals surface area contributed by atoms with Crippen molar-refractivity contribution in [1.29, 1.82) is 0 Å². The average molecular weight is 227 g/mol. The van der Waals surface area contributed by atoms with Gasteiger partial charge in [-0.1, -0.05) is 12.1 Å². The molecule has 0 radical (unpaired) electrons. The van der Waals surface area contributed by atoms with E-state index in [-0.39, 0.29) is 0 Å². The Kier molecular flexibility index (Phi) is 4.02. The fraction of sp³-hybridized carbons (Fsp3) is 0.800. The minimum Gasteiger partial charge on any atom is -0.339 e. The highest BCUT2D eigenvalue weighted by Crippen LogP contribution is 2.11. The van der Waals surface area contributed by atoms with E-state index in [0.29, 0.717) is 6.04 Å². The van der Waals surface area contributed by atoms with E-state index >= 15 is 0 Å². The van der Waals surface area contributed by atoms with E-state index in [1.807, 2.05) is 11.8 Å². The first-order chi connectivity index (χ1) is 7.38. The van der Waals surface area contributed by atoms with Crippen LogP contribution in [0, 0.1) is 0 Å². The van der Waals surface area contributed by atoms with E-state index in [2.05, 4.69) is 22.4 Å². The van der Waals surface area contributed by atoms with Crippen LogP contribution in [0.4, 0.5) is 0 Å². The minimum atomic E-state index is 0.499. The Morgan fingerprint density at radius 1 is 1.60 bits per heavy atom. The fourth-order valence-corrected chi connectivity index (χ4v) is 2.61. The van der Waals surface area contributed by atoms with E-state index in [9.17, 15) is 0 Å². The summed E-state index contributed by atoms with van der Waals surface area (Å²) in [6, 6.07) is 0.499. The van der Waals surface area contributed by atoms with Crippen molar-refractivity contribution in [2.24, 2.45) is 0 Å². The van der Waals surface area contributed by atoms with Crippen molar-refractivity contribution in [1.82, 2.24) is 15.5 Å². The molecule has 5 heteroatoms. The highest BCUT2D eigenvalue weighted by Gasteiger charge is 2.16. The van der Waals surface area contributed by atoms with E-state index in [0.717, 1.165) is 43.3 Å². The summed E-state index contributed by atoms with van der Waals surface area (Å²) in [5.74, 6) is 3.97. The maximum absolute atomic E-state index is 5.21. The number of rotatable bonds is 4. The first-order valence-corrected chi connectivity index (χ1v) is 6.66. The summed E-state index contributed by atoms with van der Waals surface area (Å²) in [5.41, 5.74) is 0. The lowest BCUT2D eigenvalue weighted by Crippen LogP contribution is -2.38. The summed E-state index contributed by atoms with van der Waals surface area (Å²) >= 11 is 1.99. The van der Waals surface area contributed by atoms with Gasteiger partial charge in [0.25, 0.3) is 0 Å². The summed E-state index contributed by atoms with van der Waals surface area (Å²) in [5, 5.41) is 7.41. The third kappa shape index (κ3) is 3.21. The van der Waals surface area contributed by atoms with Gasteiger partial charge in [0.05, 0.1) is 0 Å². The molecule has 1 unspecified atom stereocenters. The van der Waals surface area contributed by atoms with Gasteiger partial charge in [-0.2, -0.15) is 16.7 Å². The number of aryl methyl sites for hydroxylation is 1. The van der Waals surface area contributed by atoms with Crippen LogP contribution >= 0.6 is 11.8 Å². The monoisotopic (exact) mass is 227 g/mol. The highest BCUT2D eigenvalue weighted by atomic mass is 32.2. The average Bonchev–Trinajstić information content (AvgIpc) is 2.68. The number of aromatic nitrogens is 2. The van der Waals surface area contributed by atoms with Crippen molar-refractivity contribution in [3.05, 3.63) is 11.7 Å². The zero-order valence-electron chi connectivity index (χ0n) is 9.03. The van der Waals surface area contributed by atoms with Crippen molar-refractivity contribution in [2.45, 2.75) is 32.2 Å². The Bertz CT molecular complexity index is 297. The molecular weight excluding hydrogens is 210 g/mol. The van der Waals surface area contributed by atoms with Gasteiger partial charge in [-0.15, -0.1) is 0 Å². The molecule has 1 aromatic heterocycles. The van der Waals surface area contributed by atoms with Gasteiger partial charge >= 0.3 is 0 Å². The Morgan fingerprint density at radius 2 is 2.53 bits per heavy atom. The number of nitrogens with one attached hydrogen (secondary N) is 1. The topological polar surface area (TPSA) is 51.0 Å². The Balaban J connectivity index is 1.86.